The number of hydrogen-bond acceptors (Lipinski definition) is 4. The fourth-order valence-corrected chi connectivity index (χ4v) is 5.12. The second-order valence-corrected chi connectivity index (χ2v) is 8.32. The maximum Gasteiger partial charge on any atom is 0.266 e. The Morgan fingerprint density at radius 1 is 0.931 bits per heavy atom. The zero-order chi connectivity index (χ0) is 20.0. The summed E-state index contributed by atoms with van der Waals surface area (Å²) in [7, 11) is 0. The molecule has 0 unspecified atom stereocenters. The number of nitrogens with one attached hydrogen (secondary N) is 1. The third-order valence-electron chi connectivity index (χ3n) is 4.96. The summed E-state index contributed by atoms with van der Waals surface area (Å²) in [6.45, 7) is 0. The van der Waals surface area contributed by atoms with E-state index in [1.807, 2.05) is 24.3 Å². The Bertz CT molecular complexity index is 1120. The van der Waals surface area contributed by atoms with E-state index in [9.17, 15) is 9.59 Å². The molecular formula is C22H15ClN2O3S. The van der Waals surface area contributed by atoms with E-state index in [-0.39, 0.29) is 17.6 Å². The Kier molecular flexibility index (Phi) is 4.26. The molecule has 1 N–H and O–H groups in total. The van der Waals surface area contributed by atoms with Crippen LogP contribution < -0.4 is 15.0 Å². The number of para-hydroxylation sites is 1. The van der Waals surface area contributed by atoms with Crippen molar-refractivity contribution in [2.45, 2.75) is 4.87 Å². The fourth-order valence-electron chi connectivity index (χ4n) is 3.68. The van der Waals surface area contributed by atoms with Gasteiger partial charge in [0.15, 0.2) is 0 Å². The van der Waals surface area contributed by atoms with E-state index < -0.39 is 4.87 Å². The monoisotopic (exact) mass is 422 g/mol. The van der Waals surface area contributed by atoms with Gasteiger partial charge >= 0.3 is 0 Å². The van der Waals surface area contributed by atoms with Crippen LogP contribution in [0.4, 0.5) is 11.4 Å². The summed E-state index contributed by atoms with van der Waals surface area (Å²) in [5.41, 5.74) is 2.20. The average molecular weight is 423 g/mol. The van der Waals surface area contributed by atoms with Crippen molar-refractivity contribution in [3.8, 4) is 11.5 Å². The molecule has 0 aromatic heterocycles. The fraction of sp³-hybridized carbons (Fsp3) is 0.0909. The molecule has 2 heterocycles. The van der Waals surface area contributed by atoms with Gasteiger partial charge in [0.25, 0.3) is 5.91 Å². The first-order chi connectivity index (χ1) is 14.1. The lowest BCUT2D eigenvalue weighted by molar-refractivity contribution is -0.122. The van der Waals surface area contributed by atoms with Gasteiger partial charge in [0.2, 0.25) is 10.8 Å². The number of thioether (sulfide) groups is 1. The average Bonchev–Trinajstić information content (AvgIpc) is 3.22. The molecule has 0 saturated carbocycles. The van der Waals surface area contributed by atoms with Crippen LogP contribution in [0.25, 0.3) is 0 Å². The predicted octanol–water partition coefficient (Wildman–Crippen LogP) is 5.02. The number of fused-ring (bicyclic) bond motifs is 2. The molecule has 3 aromatic rings. The van der Waals surface area contributed by atoms with Crippen LogP contribution in [0, 0.1) is 0 Å². The first kappa shape index (κ1) is 18.1. The van der Waals surface area contributed by atoms with Crippen molar-refractivity contribution < 1.29 is 14.3 Å². The van der Waals surface area contributed by atoms with Crippen molar-refractivity contribution in [2.75, 3.05) is 16.0 Å². The van der Waals surface area contributed by atoms with E-state index in [2.05, 4.69) is 5.32 Å². The lowest BCUT2D eigenvalue weighted by Gasteiger charge is -2.32. The van der Waals surface area contributed by atoms with Crippen LogP contribution in [0.5, 0.6) is 11.5 Å². The molecule has 1 spiro atoms. The highest BCUT2D eigenvalue weighted by Gasteiger charge is 2.58. The summed E-state index contributed by atoms with van der Waals surface area (Å²) < 4.78 is 5.83. The number of anilines is 2. The lowest BCUT2D eigenvalue weighted by atomic mass is 10.0. The Morgan fingerprint density at radius 2 is 1.59 bits per heavy atom. The van der Waals surface area contributed by atoms with Crippen molar-refractivity contribution in [1.82, 2.24) is 0 Å². The minimum atomic E-state index is -1.08. The van der Waals surface area contributed by atoms with E-state index >= 15 is 0 Å². The van der Waals surface area contributed by atoms with Gasteiger partial charge in [-0.2, -0.15) is 0 Å². The molecule has 0 radical (unpaired) electrons. The number of halogens is 1. The minimum absolute atomic E-state index is 0.103. The molecule has 7 heteroatoms. The Morgan fingerprint density at radius 3 is 2.31 bits per heavy atom. The normalized spacial score (nSPS) is 20.1. The van der Waals surface area contributed by atoms with E-state index in [1.165, 1.54) is 11.8 Å². The number of rotatable bonds is 3. The maximum absolute atomic E-state index is 13.0. The van der Waals surface area contributed by atoms with Gasteiger partial charge in [0.1, 0.15) is 11.5 Å². The van der Waals surface area contributed by atoms with Crippen molar-refractivity contribution in [3.05, 3.63) is 83.4 Å². The summed E-state index contributed by atoms with van der Waals surface area (Å²) >= 11 is 7.24. The third-order valence-corrected chi connectivity index (χ3v) is 6.61. The van der Waals surface area contributed by atoms with E-state index in [4.69, 9.17) is 16.3 Å². The van der Waals surface area contributed by atoms with Gasteiger partial charge in [-0.15, -0.1) is 11.8 Å². The van der Waals surface area contributed by atoms with Gasteiger partial charge < -0.3 is 10.1 Å². The molecule has 1 saturated heterocycles. The Balaban J connectivity index is 1.49. The van der Waals surface area contributed by atoms with Crippen molar-refractivity contribution in [3.63, 3.8) is 0 Å². The van der Waals surface area contributed by atoms with E-state index in [1.54, 1.807) is 53.4 Å². The summed E-state index contributed by atoms with van der Waals surface area (Å²) in [6.07, 6.45) is 0. The van der Waals surface area contributed by atoms with E-state index in [0.29, 0.717) is 22.2 Å². The highest BCUT2D eigenvalue weighted by atomic mass is 35.5. The van der Waals surface area contributed by atoms with Gasteiger partial charge in [0, 0.05) is 22.0 Å². The number of amides is 2. The molecule has 5 rings (SSSR count). The number of benzene rings is 3. The molecule has 2 aliphatic heterocycles. The van der Waals surface area contributed by atoms with Crippen LogP contribution in [0.2, 0.25) is 5.02 Å². The topological polar surface area (TPSA) is 58.6 Å². The van der Waals surface area contributed by atoms with Crippen molar-refractivity contribution >= 4 is 46.6 Å². The maximum atomic E-state index is 13.0. The molecule has 2 aliphatic rings. The third kappa shape index (κ3) is 2.87. The van der Waals surface area contributed by atoms with Crippen LogP contribution in [0.15, 0.2) is 72.8 Å². The largest absolute Gasteiger partial charge is 0.457 e. The molecule has 5 nitrogen and oxygen atoms in total. The standard InChI is InChI=1S/C22H15ClN2O3S/c23-14-5-9-16(10-6-14)28-17-11-7-15(8-12-17)25-20(26)13-29-22(25)18-3-1-2-4-19(18)24-21(22)27/h1-12H,13H2,(H,24,27)/t22-/m0/s1. The van der Waals surface area contributed by atoms with Crippen LogP contribution in [0.3, 0.4) is 0 Å². The molecule has 0 aliphatic carbocycles. The van der Waals surface area contributed by atoms with Crippen molar-refractivity contribution in [2.24, 2.45) is 0 Å². The number of ether oxygens (including phenoxy) is 1. The molecule has 0 bridgehead atoms. The van der Waals surface area contributed by atoms with Gasteiger partial charge in [0.05, 0.1) is 5.75 Å². The van der Waals surface area contributed by atoms with E-state index in [0.717, 1.165) is 11.3 Å². The highest BCUT2D eigenvalue weighted by molar-refractivity contribution is 8.02. The first-order valence-corrected chi connectivity index (χ1v) is 10.4. The van der Waals surface area contributed by atoms with Crippen LogP contribution in [-0.2, 0) is 14.5 Å². The van der Waals surface area contributed by atoms with Gasteiger partial charge in [-0.3, -0.25) is 14.5 Å². The van der Waals surface area contributed by atoms with Crippen LogP contribution in [-0.4, -0.2) is 17.6 Å². The number of carbonyl (C=O) groups excluding carboxylic acids is 2. The number of nitrogens with zero attached hydrogens (tertiary/aromatic N) is 1. The predicted molar refractivity (Wildman–Crippen MR) is 115 cm³/mol. The molecule has 1 fully saturated rings. The smallest absolute Gasteiger partial charge is 0.266 e. The molecule has 29 heavy (non-hydrogen) atoms. The first-order valence-electron chi connectivity index (χ1n) is 8.99. The summed E-state index contributed by atoms with van der Waals surface area (Å²) in [6, 6.07) is 21.7. The van der Waals surface area contributed by atoms with Crippen LogP contribution >= 0.6 is 23.4 Å². The second-order valence-electron chi connectivity index (χ2n) is 6.71. The number of carbonyl (C=O) groups is 2. The van der Waals surface area contributed by atoms with Crippen LogP contribution in [0.1, 0.15) is 5.56 Å². The summed E-state index contributed by atoms with van der Waals surface area (Å²) in [5.74, 6) is 1.23. The van der Waals surface area contributed by atoms with Gasteiger partial charge in [-0.1, -0.05) is 29.8 Å². The Hall–Kier alpha value is -2.96. The summed E-state index contributed by atoms with van der Waals surface area (Å²) in [5, 5.41) is 3.55. The molecule has 144 valence electrons. The highest BCUT2D eigenvalue weighted by Crippen LogP contribution is 2.53. The Labute approximate surface area is 176 Å². The quantitative estimate of drug-likeness (QED) is 0.644. The molecule has 3 aromatic carbocycles. The zero-order valence-electron chi connectivity index (χ0n) is 15.1. The minimum Gasteiger partial charge on any atom is -0.457 e. The molecule has 1 atom stereocenters. The number of hydrogen-bond donors (Lipinski definition) is 1. The second kappa shape index (κ2) is 6.83. The molecule has 2 amide bonds. The SMILES string of the molecule is O=C1CS[C@@]2(C(=O)Nc3ccccc32)N1c1ccc(Oc2ccc(Cl)cc2)cc1. The summed E-state index contributed by atoms with van der Waals surface area (Å²) in [4.78, 5) is 26.3. The zero-order valence-corrected chi connectivity index (χ0v) is 16.7. The van der Waals surface area contributed by atoms with Gasteiger partial charge in [-0.25, -0.2) is 0 Å². The van der Waals surface area contributed by atoms with Gasteiger partial charge in [-0.05, 0) is 54.6 Å². The van der Waals surface area contributed by atoms with Crippen molar-refractivity contribution in [1.29, 1.82) is 0 Å². The lowest BCUT2D eigenvalue weighted by Crippen LogP contribution is -2.47. The molecular weight excluding hydrogens is 408 g/mol.